The Kier molecular flexibility index (Phi) is 20.3. The molecule has 3 rings (SSSR count). The molecule has 0 spiro atoms. The summed E-state index contributed by atoms with van der Waals surface area (Å²) in [5.41, 5.74) is 0.433. The first kappa shape index (κ1) is 46.7. The number of imide groups is 6. The lowest BCUT2D eigenvalue weighted by atomic mass is 9.82. The summed E-state index contributed by atoms with van der Waals surface area (Å²) in [7, 11) is 0. The van der Waals surface area contributed by atoms with Crippen molar-refractivity contribution in [2.75, 3.05) is 39.5 Å². The van der Waals surface area contributed by atoms with Crippen molar-refractivity contribution in [3.8, 4) is 0 Å². The molecule has 3 fully saturated rings. The number of nitrogens with one attached hydrogen (secondary N) is 2. The Bertz CT molecular complexity index is 1370. The number of carbonyl (C=O) groups excluding carboxylic acids is 8. The molecule has 0 heterocycles. The Labute approximate surface area is 317 Å². The van der Waals surface area contributed by atoms with Crippen molar-refractivity contribution < 1.29 is 57.3 Å². The van der Waals surface area contributed by atoms with E-state index in [9.17, 15) is 38.4 Å². The Morgan fingerprint density at radius 2 is 0.907 bits per heavy atom. The summed E-state index contributed by atoms with van der Waals surface area (Å²) < 4.78 is 18.8. The molecule has 54 heavy (non-hydrogen) atoms. The molecular formula is C38H56N4O12. The van der Waals surface area contributed by atoms with E-state index >= 15 is 0 Å². The van der Waals surface area contributed by atoms with Crippen LogP contribution in [0.4, 0.5) is 19.2 Å². The molecule has 0 aromatic heterocycles. The molecule has 0 aliphatic heterocycles. The minimum atomic E-state index is -1.10. The number of fused-ring (bicyclic) bond motifs is 5. The van der Waals surface area contributed by atoms with Gasteiger partial charge in [-0.2, -0.15) is 9.80 Å². The van der Waals surface area contributed by atoms with Gasteiger partial charge in [-0.3, -0.25) is 9.59 Å². The molecule has 16 heteroatoms. The first-order valence-corrected chi connectivity index (χ1v) is 17.9. The zero-order chi connectivity index (χ0) is 41.1. The first-order chi connectivity index (χ1) is 25.4. The zero-order valence-electron chi connectivity index (χ0n) is 32.4. The van der Waals surface area contributed by atoms with Crippen LogP contribution < -0.4 is 10.6 Å². The summed E-state index contributed by atoms with van der Waals surface area (Å²) in [5, 5.41) is 4.54. The maximum absolute atomic E-state index is 11.9. The van der Waals surface area contributed by atoms with Crippen LogP contribution in [0.25, 0.3) is 0 Å². The van der Waals surface area contributed by atoms with Crippen LogP contribution in [-0.2, 0) is 38.1 Å². The highest BCUT2D eigenvalue weighted by Crippen LogP contribution is 2.58. The van der Waals surface area contributed by atoms with Crippen molar-refractivity contribution in [1.82, 2.24) is 20.4 Å². The second kappa shape index (κ2) is 23.4. The zero-order valence-corrected chi connectivity index (χ0v) is 32.4. The number of hydrogen-bond donors (Lipinski definition) is 2. The molecule has 300 valence electrons. The average molecular weight is 761 g/mol. The number of urea groups is 2. The fourth-order valence-electron chi connectivity index (χ4n) is 6.30. The molecule has 16 nitrogen and oxygen atoms in total. The predicted octanol–water partition coefficient (Wildman–Crippen LogP) is 5.59. The lowest BCUT2D eigenvalue weighted by Gasteiger charge is -2.23. The van der Waals surface area contributed by atoms with Gasteiger partial charge in [-0.25, -0.2) is 28.8 Å². The molecule has 2 bridgehead atoms. The van der Waals surface area contributed by atoms with Crippen LogP contribution in [0.15, 0.2) is 48.6 Å². The molecule has 0 aromatic carbocycles. The van der Waals surface area contributed by atoms with Gasteiger partial charge in [0.25, 0.3) is 11.8 Å². The third-order valence-corrected chi connectivity index (χ3v) is 8.71. The second-order valence-corrected chi connectivity index (χ2v) is 13.1. The highest BCUT2D eigenvalue weighted by molar-refractivity contribution is 6.14. The van der Waals surface area contributed by atoms with Crippen molar-refractivity contribution in [3.63, 3.8) is 0 Å². The van der Waals surface area contributed by atoms with Gasteiger partial charge < -0.3 is 29.6 Å². The summed E-state index contributed by atoms with van der Waals surface area (Å²) in [6.45, 7) is 21.9. The molecule has 4 atom stereocenters. The molecule has 0 aromatic rings. The third kappa shape index (κ3) is 14.6. The topological polar surface area (TPSA) is 204 Å². The monoisotopic (exact) mass is 760 g/mol. The third-order valence-electron chi connectivity index (χ3n) is 8.71. The van der Waals surface area contributed by atoms with E-state index < -0.39 is 48.0 Å². The Morgan fingerprint density at radius 1 is 0.556 bits per heavy atom. The smallest absolute Gasteiger partial charge is 0.425 e. The van der Waals surface area contributed by atoms with E-state index in [1.165, 1.54) is 65.2 Å². The van der Waals surface area contributed by atoms with Crippen LogP contribution in [0.2, 0.25) is 0 Å². The van der Waals surface area contributed by atoms with Crippen molar-refractivity contribution in [2.45, 2.75) is 80.1 Å². The van der Waals surface area contributed by atoms with Crippen molar-refractivity contribution in [3.05, 3.63) is 48.6 Å². The molecule has 8 amide bonds. The number of amides is 8. The highest BCUT2D eigenvalue weighted by atomic mass is 16.6. The van der Waals surface area contributed by atoms with Gasteiger partial charge in [-0.05, 0) is 97.3 Å². The van der Waals surface area contributed by atoms with Gasteiger partial charge in [0.2, 0.25) is 0 Å². The minimum Gasteiger partial charge on any atom is -0.460 e. The molecule has 3 aliphatic rings. The number of esters is 2. The van der Waals surface area contributed by atoms with Gasteiger partial charge in [0.05, 0.1) is 26.3 Å². The number of carbonyl (C=O) groups is 8. The summed E-state index contributed by atoms with van der Waals surface area (Å²) >= 11 is 0. The molecule has 2 N–H and O–H groups in total. The van der Waals surface area contributed by atoms with Gasteiger partial charge in [-0.15, -0.1) is 0 Å². The Hall–Kier alpha value is -5.28. The van der Waals surface area contributed by atoms with Crippen molar-refractivity contribution in [2.24, 2.45) is 23.7 Å². The Morgan fingerprint density at radius 3 is 1.20 bits per heavy atom. The second-order valence-electron chi connectivity index (χ2n) is 13.1. The van der Waals surface area contributed by atoms with Gasteiger partial charge in [0, 0.05) is 22.3 Å². The number of nitrogens with zero attached hydrogens (tertiary/aromatic N) is 2. The first-order valence-electron chi connectivity index (χ1n) is 17.9. The largest absolute Gasteiger partial charge is 0.460 e. The van der Waals surface area contributed by atoms with Crippen LogP contribution in [0, 0.1) is 23.7 Å². The van der Waals surface area contributed by atoms with Gasteiger partial charge in [-0.1, -0.05) is 32.7 Å². The molecule has 3 saturated carbocycles. The standard InChI is InChI=1S/2C14H20N2O6.C10H16/c2*1-6-21-14(20)16(11(17)9(2)3)13(19)15-7-8-22-12(18)10(4)5;1-2-9-7-4-5-8(6-7)10(9)3-1/h2*2,4,6-8H2,1,3,5H3,(H,15,19);7-10H,1-6H2. The molecule has 3 aliphatic carbocycles. The molecule has 0 saturated heterocycles. The molecule has 4 unspecified atom stereocenters. The van der Waals surface area contributed by atoms with E-state index in [1.807, 2.05) is 0 Å². The van der Waals surface area contributed by atoms with Crippen molar-refractivity contribution >= 4 is 48.0 Å². The van der Waals surface area contributed by atoms with Crippen LogP contribution in [0.5, 0.6) is 0 Å². The lowest BCUT2D eigenvalue weighted by Crippen LogP contribution is -2.48. The van der Waals surface area contributed by atoms with E-state index in [2.05, 4.69) is 46.4 Å². The summed E-state index contributed by atoms with van der Waals surface area (Å²) in [6.07, 6.45) is 7.33. The number of rotatable bonds is 12. The minimum absolute atomic E-state index is 0.00229. The quantitative estimate of drug-likeness (QED) is 0.108. The van der Waals surface area contributed by atoms with E-state index in [0.29, 0.717) is 9.80 Å². The number of hydrogen-bond acceptors (Lipinski definition) is 12. The van der Waals surface area contributed by atoms with Crippen LogP contribution in [0.3, 0.4) is 0 Å². The van der Waals surface area contributed by atoms with E-state index in [4.69, 9.17) is 9.47 Å². The molecular weight excluding hydrogens is 704 g/mol. The summed E-state index contributed by atoms with van der Waals surface area (Å²) in [5.74, 6) is 1.83. The summed E-state index contributed by atoms with van der Waals surface area (Å²) in [4.78, 5) is 93.5. The SMILES string of the molecule is C1CC2C3CCC(C3)C2C1.C=C(C)C(=O)OCCNC(=O)N(C(=O)OCC)C(=O)C(=C)C.C=C(C)C(=O)OCCNC(=O)N(C(=O)OCC)C(=O)C(=C)C. The highest BCUT2D eigenvalue weighted by Gasteiger charge is 2.48. The van der Waals surface area contributed by atoms with Gasteiger partial charge in [0.1, 0.15) is 13.2 Å². The van der Waals surface area contributed by atoms with Gasteiger partial charge >= 0.3 is 36.2 Å². The summed E-state index contributed by atoms with van der Waals surface area (Å²) in [6, 6.07) is -1.98. The van der Waals surface area contributed by atoms with E-state index in [-0.39, 0.29) is 61.8 Å². The fraction of sp³-hybridized carbons (Fsp3) is 0.579. The van der Waals surface area contributed by atoms with E-state index in [0.717, 1.165) is 0 Å². The van der Waals surface area contributed by atoms with E-state index in [1.54, 1.807) is 38.5 Å². The fourth-order valence-corrected chi connectivity index (χ4v) is 6.30. The van der Waals surface area contributed by atoms with Crippen LogP contribution >= 0.6 is 0 Å². The number of ether oxygens (including phenoxy) is 4. The predicted molar refractivity (Wildman–Crippen MR) is 197 cm³/mol. The maximum Gasteiger partial charge on any atom is 0.425 e. The van der Waals surface area contributed by atoms with Crippen LogP contribution in [-0.4, -0.2) is 97.3 Å². The average Bonchev–Trinajstić information content (AvgIpc) is 3.86. The lowest BCUT2D eigenvalue weighted by molar-refractivity contribution is -0.139. The van der Waals surface area contributed by atoms with Crippen LogP contribution in [0.1, 0.15) is 80.1 Å². The Balaban J connectivity index is 0.000000428. The van der Waals surface area contributed by atoms with Crippen molar-refractivity contribution in [1.29, 1.82) is 0 Å². The van der Waals surface area contributed by atoms with Gasteiger partial charge in [0.15, 0.2) is 0 Å². The normalized spacial score (nSPS) is 18.3. The molecule has 0 radical (unpaired) electrons. The maximum atomic E-state index is 11.9.